The van der Waals surface area contributed by atoms with Crippen molar-refractivity contribution in [3.63, 3.8) is 0 Å². The van der Waals surface area contributed by atoms with Gasteiger partial charge in [-0.3, -0.25) is 4.90 Å². The molecule has 1 fully saturated rings. The fraction of sp³-hybridized carbons (Fsp3) is 0.765. The Balaban J connectivity index is 2.04. The van der Waals surface area contributed by atoms with Crippen LogP contribution in [0, 0.1) is 5.41 Å². The number of nitrogens with one attached hydrogen (secondary N) is 1. The summed E-state index contributed by atoms with van der Waals surface area (Å²) in [7, 11) is 0. The summed E-state index contributed by atoms with van der Waals surface area (Å²) in [6, 6.07) is 4.17. The minimum absolute atomic E-state index is 0.332. The highest BCUT2D eigenvalue weighted by molar-refractivity contribution is 7.07. The van der Waals surface area contributed by atoms with Crippen LogP contribution in [0.4, 0.5) is 0 Å². The topological polar surface area (TPSA) is 15.3 Å². The van der Waals surface area contributed by atoms with E-state index in [1.54, 1.807) is 0 Å². The number of hydrogen-bond donors (Lipinski definition) is 1. The minimum atomic E-state index is 0.332. The third-order valence-corrected chi connectivity index (χ3v) is 5.39. The summed E-state index contributed by atoms with van der Waals surface area (Å²) in [6.07, 6.45) is 2.41. The maximum atomic E-state index is 3.76. The zero-order chi connectivity index (χ0) is 14.8. The molecule has 0 radical (unpaired) electrons. The van der Waals surface area contributed by atoms with E-state index in [4.69, 9.17) is 0 Å². The quantitative estimate of drug-likeness (QED) is 0.909. The number of nitrogens with zero attached hydrogens (tertiary/aromatic N) is 1. The number of hydrogen-bond acceptors (Lipinski definition) is 3. The summed E-state index contributed by atoms with van der Waals surface area (Å²) in [5, 5.41) is 8.25. The lowest BCUT2D eigenvalue weighted by Gasteiger charge is -2.47. The van der Waals surface area contributed by atoms with Crippen molar-refractivity contribution in [3.8, 4) is 0 Å². The van der Waals surface area contributed by atoms with Crippen molar-refractivity contribution >= 4 is 11.3 Å². The molecular weight excluding hydrogens is 264 g/mol. The van der Waals surface area contributed by atoms with Crippen LogP contribution < -0.4 is 5.32 Å². The van der Waals surface area contributed by atoms with E-state index in [1.165, 1.54) is 24.9 Å². The molecule has 2 nitrogen and oxygen atoms in total. The Morgan fingerprint density at radius 2 is 2.20 bits per heavy atom. The number of piperazine rings is 1. The lowest BCUT2D eigenvalue weighted by molar-refractivity contribution is 0.0535. The Morgan fingerprint density at radius 3 is 2.75 bits per heavy atom. The molecule has 0 saturated carbocycles. The van der Waals surface area contributed by atoms with Gasteiger partial charge in [-0.2, -0.15) is 11.3 Å². The molecule has 3 atom stereocenters. The van der Waals surface area contributed by atoms with Gasteiger partial charge in [0.25, 0.3) is 0 Å². The first-order valence-electron chi connectivity index (χ1n) is 7.92. The van der Waals surface area contributed by atoms with Crippen molar-refractivity contribution in [1.29, 1.82) is 0 Å². The molecule has 3 heteroatoms. The van der Waals surface area contributed by atoms with Gasteiger partial charge in [0.15, 0.2) is 0 Å². The van der Waals surface area contributed by atoms with E-state index in [9.17, 15) is 0 Å². The Bertz CT molecular complexity index is 394. The average molecular weight is 295 g/mol. The molecule has 1 aliphatic heterocycles. The SMILES string of the molecule is CCC1CNC(C(C)(C)C)CN1C(C)Cc1ccsc1. The predicted octanol–water partition coefficient (Wildman–Crippen LogP) is 3.78. The normalized spacial score (nSPS) is 26.6. The van der Waals surface area contributed by atoms with Crippen molar-refractivity contribution < 1.29 is 0 Å². The zero-order valence-corrected chi connectivity index (χ0v) is 14.5. The summed E-state index contributed by atoms with van der Waals surface area (Å²) in [5.41, 5.74) is 1.82. The van der Waals surface area contributed by atoms with E-state index in [0.717, 1.165) is 6.54 Å². The van der Waals surface area contributed by atoms with Crippen LogP contribution in [0.2, 0.25) is 0 Å². The maximum absolute atomic E-state index is 3.76. The molecular formula is C17H30N2S. The van der Waals surface area contributed by atoms with E-state index in [-0.39, 0.29) is 0 Å². The molecule has 1 aliphatic rings. The standard InChI is InChI=1S/C17H30N2S/c1-6-15-10-18-16(17(3,4)5)11-19(15)13(2)9-14-7-8-20-12-14/h7-8,12-13,15-16,18H,6,9-11H2,1-5H3. The Labute approximate surface area is 128 Å². The van der Waals surface area contributed by atoms with Crippen LogP contribution in [0.15, 0.2) is 16.8 Å². The second-order valence-electron chi connectivity index (χ2n) is 7.27. The van der Waals surface area contributed by atoms with Crippen molar-refractivity contribution in [2.24, 2.45) is 5.41 Å². The van der Waals surface area contributed by atoms with Crippen LogP contribution in [0.5, 0.6) is 0 Å². The second-order valence-corrected chi connectivity index (χ2v) is 8.05. The van der Waals surface area contributed by atoms with Crippen LogP contribution >= 0.6 is 11.3 Å². The molecule has 0 bridgehead atoms. The molecule has 114 valence electrons. The zero-order valence-electron chi connectivity index (χ0n) is 13.6. The first kappa shape index (κ1) is 16.0. The smallest absolute Gasteiger partial charge is 0.0244 e. The van der Waals surface area contributed by atoms with Gasteiger partial charge in [0.05, 0.1) is 0 Å². The molecule has 0 spiro atoms. The van der Waals surface area contributed by atoms with E-state index in [2.05, 4.69) is 61.7 Å². The largest absolute Gasteiger partial charge is 0.311 e. The summed E-state index contributed by atoms with van der Waals surface area (Å²) in [6.45, 7) is 14.1. The number of rotatable bonds is 4. The fourth-order valence-corrected chi connectivity index (χ4v) is 3.87. The molecule has 2 heterocycles. The van der Waals surface area contributed by atoms with E-state index >= 15 is 0 Å². The maximum Gasteiger partial charge on any atom is 0.0244 e. The van der Waals surface area contributed by atoms with Gasteiger partial charge in [-0.1, -0.05) is 27.7 Å². The third kappa shape index (κ3) is 3.84. The summed E-state index contributed by atoms with van der Waals surface area (Å²) >= 11 is 1.81. The van der Waals surface area contributed by atoms with E-state index in [0.29, 0.717) is 23.5 Å². The lowest BCUT2D eigenvalue weighted by Crippen LogP contribution is -2.62. The molecule has 0 aromatic carbocycles. The minimum Gasteiger partial charge on any atom is -0.311 e. The average Bonchev–Trinajstić information content (AvgIpc) is 2.89. The monoisotopic (exact) mass is 294 g/mol. The van der Waals surface area contributed by atoms with Crippen LogP contribution in [-0.4, -0.2) is 36.1 Å². The molecule has 0 amide bonds. The first-order chi connectivity index (χ1) is 9.41. The number of thiophene rings is 1. The Hall–Kier alpha value is -0.380. The van der Waals surface area contributed by atoms with Gasteiger partial charge >= 0.3 is 0 Å². The van der Waals surface area contributed by atoms with Crippen molar-refractivity contribution in [2.45, 2.75) is 65.6 Å². The predicted molar refractivity (Wildman–Crippen MR) is 89.5 cm³/mol. The van der Waals surface area contributed by atoms with Gasteiger partial charge in [-0.15, -0.1) is 0 Å². The van der Waals surface area contributed by atoms with Gasteiger partial charge in [0, 0.05) is 31.2 Å². The lowest BCUT2D eigenvalue weighted by atomic mass is 9.84. The first-order valence-corrected chi connectivity index (χ1v) is 8.86. The van der Waals surface area contributed by atoms with Crippen molar-refractivity contribution in [2.75, 3.05) is 13.1 Å². The van der Waals surface area contributed by atoms with Crippen molar-refractivity contribution in [1.82, 2.24) is 10.2 Å². The van der Waals surface area contributed by atoms with Crippen LogP contribution in [0.25, 0.3) is 0 Å². The molecule has 2 rings (SSSR count). The molecule has 20 heavy (non-hydrogen) atoms. The summed E-state index contributed by atoms with van der Waals surface area (Å²) < 4.78 is 0. The fourth-order valence-electron chi connectivity index (χ4n) is 3.19. The second kappa shape index (κ2) is 6.59. The molecule has 1 saturated heterocycles. The van der Waals surface area contributed by atoms with Crippen LogP contribution in [0.1, 0.15) is 46.6 Å². The Morgan fingerprint density at radius 1 is 1.45 bits per heavy atom. The molecule has 0 aliphatic carbocycles. The van der Waals surface area contributed by atoms with Crippen molar-refractivity contribution in [3.05, 3.63) is 22.4 Å². The van der Waals surface area contributed by atoms with E-state index in [1.807, 2.05) is 11.3 Å². The highest BCUT2D eigenvalue weighted by atomic mass is 32.1. The summed E-state index contributed by atoms with van der Waals surface area (Å²) in [5.74, 6) is 0. The highest BCUT2D eigenvalue weighted by Gasteiger charge is 2.35. The molecule has 1 aromatic rings. The molecule has 1 N–H and O–H groups in total. The van der Waals surface area contributed by atoms with Crippen LogP contribution in [0.3, 0.4) is 0 Å². The molecule has 3 unspecified atom stereocenters. The van der Waals surface area contributed by atoms with Gasteiger partial charge in [-0.05, 0) is 47.6 Å². The third-order valence-electron chi connectivity index (χ3n) is 4.66. The highest BCUT2D eigenvalue weighted by Crippen LogP contribution is 2.26. The van der Waals surface area contributed by atoms with Gasteiger partial charge in [0.1, 0.15) is 0 Å². The van der Waals surface area contributed by atoms with Gasteiger partial charge in [-0.25, -0.2) is 0 Å². The Kier molecular flexibility index (Phi) is 5.27. The van der Waals surface area contributed by atoms with Gasteiger partial charge < -0.3 is 5.32 Å². The van der Waals surface area contributed by atoms with Crippen LogP contribution in [-0.2, 0) is 6.42 Å². The van der Waals surface area contributed by atoms with E-state index < -0.39 is 0 Å². The molecule has 1 aromatic heterocycles. The van der Waals surface area contributed by atoms with Gasteiger partial charge in [0.2, 0.25) is 0 Å². The summed E-state index contributed by atoms with van der Waals surface area (Å²) in [4.78, 5) is 2.74.